The summed E-state index contributed by atoms with van der Waals surface area (Å²) in [6.07, 6.45) is 13.1. The minimum Gasteiger partial charge on any atom is -0.0839 e. The first-order valence-electron chi connectivity index (χ1n) is 6.04. The van der Waals surface area contributed by atoms with Crippen LogP contribution in [0.2, 0.25) is 0 Å². The predicted molar refractivity (Wildman–Crippen MR) is 57.9 cm³/mol. The van der Waals surface area contributed by atoms with E-state index in [1.54, 1.807) is 11.1 Å². The molecule has 0 aliphatic heterocycles. The van der Waals surface area contributed by atoms with Gasteiger partial charge in [0.25, 0.3) is 0 Å². The number of hydrogen-bond acceptors (Lipinski definition) is 0. The Kier molecular flexibility index (Phi) is 1.30. The number of hydrogen-bond donors (Lipinski definition) is 0. The molecule has 2 unspecified atom stereocenters. The molecule has 1 fully saturated rings. The van der Waals surface area contributed by atoms with Crippen LogP contribution in [0.4, 0.5) is 0 Å². The summed E-state index contributed by atoms with van der Waals surface area (Å²) in [6.45, 7) is 0. The van der Waals surface area contributed by atoms with E-state index in [-0.39, 0.29) is 0 Å². The van der Waals surface area contributed by atoms with Crippen LogP contribution in [0.15, 0.2) is 34.4 Å². The average Bonchev–Trinajstić information content (AvgIpc) is 2.92. The van der Waals surface area contributed by atoms with Gasteiger partial charge in [-0.1, -0.05) is 17.7 Å². The normalized spacial score (nSPS) is 38.3. The molecule has 0 saturated heterocycles. The fourth-order valence-electron chi connectivity index (χ4n) is 3.72. The number of rotatable bonds is 0. The zero-order valence-corrected chi connectivity index (χ0v) is 8.55. The van der Waals surface area contributed by atoms with E-state index >= 15 is 0 Å². The Morgan fingerprint density at radius 1 is 1.14 bits per heavy atom. The highest BCUT2D eigenvalue weighted by Crippen LogP contribution is 2.58. The molecule has 4 rings (SSSR count). The van der Waals surface area contributed by atoms with Crippen molar-refractivity contribution >= 4 is 0 Å². The summed E-state index contributed by atoms with van der Waals surface area (Å²) in [5, 5.41) is 0. The molecule has 0 heteroatoms. The van der Waals surface area contributed by atoms with Gasteiger partial charge in [-0.05, 0) is 67.1 Å². The Bertz CT molecular complexity index is 392. The second-order valence-corrected chi connectivity index (χ2v) is 5.27. The fraction of sp³-hybridized carbons (Fsp3) is 0.571. The minimum absolute atomic E-state index is 1.03. The summed E-state index contributed by atoms with van der Waals surface area (Å²) < 4.78 is 0. The van der Waals surface area contributed by atoms with Crippen LogP contribution in [0, 0.1) is 11.8 Å². The molecule has 2 atom stereocenters. The minimum atomic E-state index is 1.03. The summed E-state index contributed by atoms with van der Waals surface area (Å²) in [7, 11) is 0. The van der Waals surface area contributed by atoms with Crippen LogP contribution in [-0.2, 0) is 0 Å². The first-order chi connectivity index (χ1) is 6.93. The fourth-order valence-corrected chi connectivity index (χ4v) is 3.72. The van der Waals surface area contributed by atoms with Gasteiger partial charge in [0.05, 0.1) is 0 Å². The maximum absolute atomic E-state index is 2.40. The summed E-state index contributed by atoms with van der Waals surface area (Å²) in [4.78, 5) is 0. The van der Waals surface area contributed by atoms with E-state index in [1.165, 1.54) is 38.5 Å². The molecule has 0 aromatic carbocycles. The molecule has 1 saturated carbocycles. The molecule has 0 bridgehead atoms. The summed E-state index contributed by atoms with van der Waals surface area (Å²) in [5.74, 6) is 2.12. The third-order valence-electron chi connectivity index (χ3n) is 4.54. The monoisotopic (exact) mass is 184 g/mol. The molecule has 0 radical (unpaired) electrons. The van der Waals surface area contributed by atoms with Crippen molar-refractivity contribution in [2.45, 2.75) is 38.5 Å². The van der Waals surface area contributed by atoms with Crippen molar-refractivity contribution in [1.29, 1.82) is 0 Å². The van der Waals surface area contributed by atoms with Gasteiger partial charge in [-0.15, -0.1) is 0 Å². The third-order valence-corrected chi connectivity index (χ3v) is 4.54. The van der Waals surface area contributed by atoms with Crippen molar-refractivity contribution in [2.24, 2.45) is 11.8 Å². The van der Waals surface area contributed by atoms with Crippen molar-refractivity contribution in [2.75, 3.05) is 0 Å². The van der Waals surface area contributed by atoms with Crippen LogP contribution in [0.1, 0.15) is 38.5 Å². The Morgan fingerprint density at radius 3 is 3.14 bits per heavy atom. The van der Waals surface area contributed by atoms with Crippen LogP contribution < -0.4 is 0 Å². The maximum Gasteiger partial charge on any atom is -0.00556 e. The van der Waals surface area contributed by atoms with Crippen LogP contribution >= 0.6 is 0 Å². The van der Waals surface area contributed by atoms with Crippen molar-refractivity contribution < 1.29 is 0 Å². The highest BCUT2D eigenvalue weighted by molar-refractivity contribution is 5.55. The van der Waals surface area contributed by atoms with Crippen molar-refractivity contribution in [3.05, 3.63) is 34.4 Å². The molecule has 4 aliphatic carbocycles. The Balaban J connectivity index is 1.80. The largest absolute Gasteiger partial charge is 0.0839 e. The zero-order valence-electron chi connectivity index (χ0n) is 8.55. The topological polar surface area (TPSA) is 0 Å². The first kappa shape index (κ1) is 7.50. The van der Waals surface area contributed by atoms with Gasteiger partial charge in [0.2, 0.25) is 0 Å². The Hall–Kier alpha value is -0.780. The van der Waals surface area contributed by atoms with Crippen LogP contribution in [0.5, 0.6) is 0 Å². The average molecular weight is 184 g/mol. The predicted octanol–water partition coefficient (Wildman–Crippen LogP) is 3.76. The zero-order chi connectivity index (χ0) is 9.12. The molecule has 72 valence electrons. The van der Waals surface area contributed by atoms with Gasteiger partial charge < -0.3 is 0 Å². The van der Waals surface area contributed by atoms with Gasteiger partial charge in [0.1, 0.15) is 0 Å². The summed E-state index contributed by atoms with van der Waals surface area (Å²) in [5.41, 5.74) is 7.10. The van der Waals surface area contributed by atoms with Gasteiger partial charge in [-0.2, -0.15) is 0 Å². The van der Waals surface area contributed by atoms with Crippen LogP contribution in [0.25, 0.3) is 0 Å². The molecule has 0 nitrogen and oxygen atoms in total. The van der Waals surface area contributed by atoms with E-state index in [4.69, 9.17) is 0 Å². The van der Waals surface area contributed by atoms with Gasteiger partial charge in [0.15, 0.2) is 0 Å². The highest BCUT2D eigenvalue weighted by atomic mass is 14.5. The number of fused-ring (bicyclic) bond motifs is 3. The Labute approximate surface area is 85.4 Å². The quantitative estimate of drug-likeness (QED) is 0.537. The maximum atomic E-state index is 2.40. The Morgan fingerprint density at radius 2 is 2.14 bits per heavy atom. The van der Waals surface area contributed by atoms with E-state index < -0.39 is 0 Å². The highest BCUT2D eigenvalue weighted by Gasteiger charge is 2.45. The molecule has 0 aromatic heterocycles. The lowest BCUT2D eigenvalue weighted by molar-refractivity contribution is 0.637. The lowest BCUT2D eigenvalue weighted by Gasteiger charge is -2.16. The van der Waals surface area contributed by atoms with E-state index in [1.807, 2.05) is 11.1 Å². The number of allylic oxidation sites excluding steroid dienone is 6. The lowest BCUT2D eigenvalue weighted by Crippen LogP contribution is -2.00. The molecule has 0 N–H and O–H groups in total. The van der Waals surface area contributed by atoms with Gasteiger partial charge in [0, 0.05) is 0 Å². The second-order valence-electron chi connectivity index (χ2n) is 5.27. The van der Waals surface area contributed by atoms with Gasteiger partial charge in [-0.25, -0.2) is 0 Å². The SMILES string of the molecule is C1=CC2=C(CC1)C1=C(C2)C2CC2CC1. The molecule has 0 aromatic rings. The smallest absolute Gasteiger partial charge is 0.00556 e. The molecular formula is C14H16. The molecule has 4 aliphatic rings. The van der Waals surface area contributed by atoms with Crippen molar-refractivity contribution in [1.82, 2.24) is 0 Å². The lowest BCUT2D eigenvalue weighted by atomic mass is 9.89. The molecule has 0 amide bonds. The van der Waals surface area contributed by atoms with Crippen molar-refractivity contribution in [3.63, 3.8) is 0 Å². The van der Waals surface area contributed by atoms with Crippen LogP contribution in [-0.4, -0.2) is 0 Å². The molecule has 0 heterocycles. The van der Waals surface area contributed by atoms with E-state index in [0.717, 1.165) is 11.8 Å². The third kappa shape index (κ3) is 0.846. The molecule has 14 heavy (non-hydrogen) atoms. The van der Waals surface area contributed by atoms with E-state index in [2.05, 4.69) is 12.2 Å². The standard InChI is InChI=1S/C14H16/c1-2-4-11-9(3-1)8-14-12(11)6-5-10-7-13(10)14/h1,3,10,13H,2,4-8H2. The van der Waals surface area contributed by atoms with Crippen molar-refractivity contribution in [3.8, 4) is 0 Å². The van der Waals surface area contributed by atoms with Gasteiger partial charge >= 0.3 is 0 Å². The second kappa shape index (κ2) is 2.42. The summed E-state index contributed by atoms with van der Waals surface area (Å²) in [6, 6.07) is 0. The van der Waals surface area contributed by atoms with E-state index in [9.17, 15) is 0 Å². The summed E-state index contributed by atoms with van der Waals surface area (Å²) >= 11 is 0. The van der Waals surface area contributed by atoms with Crippen LogP contribution in [0.3, 0.4) is 0 Å². The molecular weight excluding hydrogens is 168 g/mol. The van der Waals surface area contributed by atoms with Gasteiger partial charge in [-0.3, -0.25) is 0 Å². The van der Waals surface area contributed by atoms with E-state index in [0.29, 0.717) is 0 Å². The molecule has 0 spiro atoms. The first-order valence-corrected chi connectivity index (χ1v) is 6.04.